The molecule has 0 heterocycles. The SMILES string of the molecule is NNC(CCC1CCCC1)Cc1ccc(F)cc1Cl. The van der Waals surface area contributed by atoms with Gasteiger partial charge in [0.25, 0.3) is 0 Å². The fourth-order valence-electron chi connectivity index (χ4n) is 2.93. The Bertz CT molecular complexity index is 405. The lowest BCUT2D eigenvalue weighted by atomic mass is 9.95. The Morgan fingerprint density at radius 3 is 2.74 bits per heavy atom. The molecule has 0 saturated heterocycles. The molecule has 0 spiro atoms. The lowest BCUT2D eigenvalue weighted by molar-refractivity contribution is 0.407. The summed E-state index contributed by atoms with van der Waals surface area (Å²) in [7, 11) is 0. The summed E-state index contributed by atoms with van der Waals surface area (Å²) in [6.45, 7) is 0. The van der Waals surface area contributed by atoms with Crippen molar-refractivity contribution < 1.29 is 4.39 Å². The Morgan fingerprint density at radius 2 is 2.11 bits per heavy atom. The highest BCUT2D eigenvalue weighted by atomic mass is 35.5. The monoisotopic (exact) mass is 284 g/mol. The van der Waals surface area contributed by atoms with Crippen LogP contribution in [0.25, 0.3) is 0 Å². The summed E-state index contributed by atoms with van der Waals surface area (Å²) in [4.78, 5) is 0. The number of rotatable bonds is 6. The van der Waals surface area contributed by atoms with E-state index in [1.807, 2.05) is 0 Å². The number of hydrogen-bond donors (Lipinski definition) is 2. The van der Waals surface area contributed by atoms with Gasteiger partial charge in [-0.15, -0.1) is 0 Å². The second kappa shape index (κ2) is 7.22. The van der Waals surface area contributed by atoms with Crippen molar-refractivity contribution in [3.63, 3.8) is 0 Å². The zero-order valence-electron chi connectivity index (χ0n) is 11.2. The van der Waals surface area contributed by atoms with Gasteiger partial charge in [0.15, 0.2) is 0 Å². The second-order valence-electron chi connectivity index (χ2n) is 5.53. The summed E-state index contributed by atoms with van der Waals surface area (Å²) in [6, 6.07) is 4.77. The van der Waals surface area contributed by atoms with E-state index in [2.05, 4.69) is 5.43 Å². The summed E-state index contributed by atoms with van der Waals surface area (Å²) in [6.07, 6.45) is 8.47. The third-order valence-electron chi connectivity index (χ3n) is 4.12. The zero-order valence-corrected chi connectivity index (χ0v) is 11.9. The molecule has 0 amide bonds. The molecule has 1 fully saturated rings. The molecule has 1 unspecified atom stereocenters. The van der Waals surface area contributed by atoms with Gasteiger partial charge in [0, 0.05) is 11.1 Å². The molecule has 1 aromatic carbocycles. The Morgan fingerprint density at radius 1 is 1.37 bits per heavy atom. The van der Waals surface area contributed by atoms with E-state index in [0.717, 1.165) is 24.3 Å². The first-order valence-electron chi connectivity index (χ1n) is 7.09. The minimum atomic E-state index is -0.294. The zero-order chi connectivity index (χ0) is 13.7. The number of benzene rings is 1. The van der Waals surface area contributed by atoms with Crippen LogP contribution in [-0.4, -0.2) is 6.04 Å². The van der Waals surface area contributed by atoms with Crippen LogP contribution in [0.1, 0.15) is 44.1 Å². The summed E-state index contributed by atoms with van der Waals surface area (Å²) in [5.41, 5.74) is 3.82. The molecule has 0 bridgehead atoms. The molecule has 2 nitrogen and oxygen atoms in total. The Hall–Kier alpha value is -0.640. The first-order chi connectivity index (χ1) is 9.19. The van der Waals surface area contributed by atoms with Crippen LogP contribution in [0, 0.1) is 11.7 Å². The van der Waals surface area contributed by atoms with Crippen molar-refractivity contribution in [1.82, 2.24) is 5.43 Å². The molecule has 1 aliphatic carbocycles. The molecule has 4 heteroatoms. The minimum absolute atomic E-state index is 0.212. The fraction of sp³-hybridized carbons (Fsp3) is 0.600. The Labute approximate surface area is 119 Å². The van der Waals surface area contributed by atoms with Crippen molar-refractivity contribution in [3.05, 3.63) is 34.6 Å². The highest BCUT2D eigenvalue weighted by Gasteiger charge is 2.17. The van der Waals surface area contributed by atoms with E-state index in [4.69, 9.17) is 17.4 Å². The summed E-state index contributed by atoms with van der Waals surface area (Å²) in [5.74, 6) is 6.18. The molecule has 0 aliphatic heterocycles. The average molecular weight is 285 g/mol. The minimum Gasteiger partial charge on any atom is -0.271 e. The summed E-state index contributed by atoms with van der Waals surface area (Å²) < 4.78 is 13.0. The highest BCUT2D eigenvalue weighted by Crippen LogP contribution is 2.29. The van der Waals surface area contributed by atoms with E-state index >= 15 is 0 Å². The number of nitrogens with two attached hydrogens (primary N) is 1. The molecule has 1 aliphatic rings. The largest absolute Gasteiger partial charge is 0.271 e. The summed E-state index contributed by atoms with van der Waals surface area (Å²) in [5, 5.41) is 0.487. The molecule has 0 radical (unpaired) electrons. The molecule has 2 rings (SSSR count). The van der Waals surface area contributed by atoms with Crippen LogP contribution in [0.4, 0.5) is 4.39 Å². The van der Waals surface area contributed by atoms with Crippen LogP contribution in [0.5, 0.6) is 0 Å². The van der Waals surface area contributed by atoms with E-state index < -0.39 is 0 Å². The number of nitrogens with one attached hydrogen (secondary N) is 1. The van der Waals surface area contributed by atoms with Gasteiger partial charge in [0.05, 0.1) is 0 Å². The van der Waals surface area contributed by atoms with Gasteiger partial charge in [-0.3, -0.25) is 11.3 Å². The van der Waals surface area contributed by atoms with Crippen molar-refractivity contribution in [3.8, 4) is 0 Å². The fourth-order valence-corrected chi connectivity index (χ4v) is 3.18. The molecule has 3 N–H and O–H groups in total. The van der Waals surface area contributed by atoms with E-state index in [1.165, 1.54) is 44.2 Å². The predicted molar refractivity (Wildman–Crippen MR) is 77.4 cm³/mol. The molecule has 1 atom stereocenters. The first-order valence-corrected chi connectivity index (χ1v) is 7.47. The Kier molecular flexibility index (Phi) is 5.61. The third kappa shape index (κ3) is 4.44. The second-order valence-corrected chi connectivity index (χ2v) is 5.94. The molecule has 1 saturated carbocycles. The number of hydrazine groups is 1. The maximum Gasteiger partial charge on any atom is 0.124 e. The van der Waals surface area contributed by atoms with Gasteiger partial charge < -0.3 is 0 Å². The first kappa shape index (κ1) is 14.8. The van der Waals surface area contributed by atoms with Gasteiger partial charge in [-0.2, -0.15) is 0 Å². The van der Waals surface area contributed by atoms with Gasteiger partial charge in [-0.05, 0) is 42.9 Å². The third-order valence-corrected chi connectivity index (χ3v) is 4.47. The van der Waals surface area contributed by atoms with Gasteiger partial charge >= 0.3 is 0 Å². The van der Waals surface area contributed by atoms with Crippen molar-refractivity contribution >= 4 is 11.6 Å². The predicted octanol–water partition coefficient (Wildman–Crippen LogP) is 3.82. The lowest BCUT2D eigenvalue weighted by Gasteiger charge is -2.18. The van der Waals surface area contributed by atoms with E-state index in [0.29, 0.717) is 5.02 Å². The number of halogens is 2. The summed E-state index contributed by atoms with van der Waals surface area (Å²) >= 11 is 6.05. The van der Waals surface area contributed by atoms with Crippen molar-refractivity contribution in [2.75, 3.05) is 0 Å². The topological polar surface area (TPSA) is 38.0 Å². The van der Waals surface area contributed by atoms with Crippen LogP contribution in [0.2, 0.25) is 5.02 Å². The van der Waals surface area contributed by atoms with Crippen molar-refractivity contribution in [2.24, 2.45) is 11.8 Å². The quantitative estimate of drug-likeness (QED) is 0.615. The maximum atomic E-state index is 13.0. The molecular weight excluding hydrogens is 263 g/mol. The molecular formula is C15H22ClFN2. The lowest BCUT2D eigenvalue weighted by Crippen LogP contribution is -2.37. The standard InChI is InChI=1S/C15H22ClFN2/c16-15-10-13(17)7-6-12(15)9-14(19-18)8-5-11-3-1-2-4-11/h6-7,10-11,14,19H,1-5,8-9,18H2. The van der Waals surface area contributed by atoms with E-state index in [1.54, 1.807) is 6.07 Å². The van der Waals surface area contributed by atoms with Crippen LogP contribution < -0.4 is 11.3 Å². The maximum absolute atomic E-state index is 13.0. The molecule has 1 aromatic rings. The average Bonchev–Trinajstić information content (AvgIpc) is 2.90. The molecule has 19 heavy (non-hydrogen) atoms. The smallest absolute Gasteiger partial charge is 0.124 e. The van der Waals surface area contributed by atoms with Gasteiger partial charge in [0.2, 0.25) is 0 Å². The normalized spacial score (nSPS) is 17.8. The van der Waals surface area contributed by atoms with E-state index in [9.17, 15) is 4.39 Å². The van der Waals surface area contributed by atoms with Gasteiger partial charge in [0.1, 0.15) is 5.82 Å². The van der Waals surface area contributed by atoms with Gasteiger partial charge in [-0.25, -0.2) is 4.39 Å². The number of hydrogen-bond acceptors (Lipinski definition) is 2. The van der Waals surface area contributed by atoms with Crippen molar-refractivity contribution in [1.29, 1.82) is 0 Å². The Balaban J connectivity index is 1.86. The molecule has 106 valence electrons. The van der Waals surface area contributed by atoms with Crippen LogP contribution >= 0.6 is 11.6 Å². The van der Waals surface area contributed by atoms with Gasteiger partial charge in [-0.1, -0.05) is 43.4 Å². The van der Waals surface area contributed by atoms with Crippen molar-refractivity contribution in [2.45, 2.75) is 51.0 Å². The molecule has 0 aromatic heterocycles. The highest BCUT2D eigenvalue weighted by molar-refractivity contribution is 6.31. The van der Waals surface area contributed by atoms with Crippen LogP contribution in [0.15, 0.2) is 18.2 Å². The van der Waals surface area contributed by atoms with Crippen LogP contribution in [0.3, 0.4) is 0 Å². The van der Waals surface area contributed by atoms with E-state index in [-0.39, 0.29) is 11.9 Å². The van der Waals surface area contributed by atoms with Crippen LogP contribution in [-0.2, 0) is 6.42 Å².